The van der Waals surface area contributed by atoms with Gasteiger partial charge in [-0.3, -0.25) is 9.59 Å². The van der Waals surface area contributed by atoms with E-state index in [0.717, 1.165) is 46.5 Å². The van der Waals surface area contributed by atoms with E-state index in [2.05, 4.69) is 17.6 Å². The van der Waals surface area contributed by atoms with Gasteiger partial charge in [0.05, 0.1) is 5.56 Å². The summed E-state index contributed by atoms with van der Waals surface area (Å²) in [5.74, 6) is -0.0888. The monoisotopic (exact) mass is 515 g/mol. The number of allylic oxidation sites excluding steroid dienone is 4. The summed E-state index contributed by atoms with van der Waals surface area (Å²) >= 11 is 1.61. The molecule has 2 rings (SSSR count). The van der Waals surface area contributed by atoms with Crippen LogP contribution in [0, 0.1) is 6.92 Å². The summed E-state index contributed by atoms with van der Waals surface area (Å²) < 4.78 is 5.52. The number of hydrogen-bond donors (Lipinski definition) is 2. The van der Waals surface area contributed by atoms with Crippen LogP contribution in [0.1, 0.15) is 88.5 Å². The van der Waals surface area contributed by atoms with Crippen molar-refractivity contribution in [1.82, 2.24) is 15.5 Å². The molecule has 1 aromatic heterocycles. The highest BCUT2D eigenvalue weighted by atomic mass is 32.1. The molecule has 0 saturated carbocycles. The summed E-state index contributed by atoms with van der Waals surface area (Å²) in [6.07, 6.45) is 4.80. The molecular weight excluding hydrogens is 474 g/mol. The molecule has 36 heavy (non-hydrogen) atoms. The molecule has 8 heteroatoms. The van der Waals surface area contributed by atoms with Gasteiger partial charge in [0.2, 0.25) is 6.41 Å². The largest absolute Gasteiger partial charge is 0.444 e. The molecule has 2 heterocycles. The number of amides is 3. The van der Waals surface area contributed by atoms with Gasteiger partial charge in [0, 0.05) is 35.6 Å². The van der Waals surface area contributed by atoms with Gasteiger partial charge in [-0.15, -0.1) is 11.3 Å². The maximum absolute atomic E-state index is 13.0. The van der Waals surface area contributed by atoms with E-state index in [9.17, 15) is 14.4 Å². The molecule has 1 fully saturated rings. The summed E-state index contributed by atoms with van der Waals surface area (Å²) in [6.45, 7) is 17.3. The Labute approximate surface area is 219 Å². The highest BCUT2D eigenvalue weighted by Crippen LogP contribution is 2.36. The fourth-order valence-electron chi connectivity index (χ4n) is 4.13. The van der Waals surface area contributed by atoms with Crippen LogP contribution in [0.15, 0.2) is 33.9 Å². The second kappa shape index (κ2) is 12.9. The zero-order valence-electron chi connectivity index (χ0n) is 23.0. The van der Waals surface area contributed by atoms with E-state index in [1.54, 1.807) is 16.2 Å². The van der Waals surface area contributed by atoms with Crippen molar-refractivity contribution in [3.05, 3.63) is 49.9 Å². The number of ether oxygens (including phenoxy) is 1. The lowest BCUT2D eigenvalue weighted by Gasteiger charge is -2.32. The molecule has 1 saturated heterocycles. The molecular formula is C28H41N3O4S. The van der Waals surface area contributed by atoms with Gasteiger partial charge in [-0.25, -0.2) is 4.79 Å². The topological polar surface area (TPSA) is 87.7 Å². The van der Waals surface area contributed by atoms with Crippen molar-refractivity contribution < 1.29 is 19.1 Å². The van der Waals surface area contributed by atoms with Gasteiger partial charge < -0.3 is 20.3 Å². The molecule has 1 aliphatic heterocycles. The summed E-state index contributed by atoms with van der Waals surface area (Å²) in [7, 11) is 0. The molecule has 0 radical (unpaired) electrons. The number of thiophene rings is 1. The van der Waals surface area contributed by atoms with Crippen molar-refractivity contribution in [3.8, 4) is 0 Å². The van der Waals surface area contributed by atoms with Crippen molar-refractivity contribution >= 4 is 35.3 Å². The van der Waals surface area contributed by atoms with Crippen LogP contribution in [0.25, 0.3) is 5.57 Å². The molecule has 0 atom stereocenters. The number of carbonyl (C=O) groups excluding carboxylic acids is 3. The average molecular weight is 516 g/mol. The second-order valence-electron chi connectivity index (χ2n) is 10.2. The zero-order valence-corrected chi connectivity index (χ0v) is 23.8. The first-order chi connectivity index (χ1) is 16.9. The Bertz CT molecular complexity index is 1060. The molecule has 198 valence electrons. The summed E-state index contributed by atoms with van der Waals surface area (Å²) in [5, 5.41) is 7.59. The minimum Gasteiger partial charge on any atom is -0.444 e. The van der Waals surface area contributed by atoms with E-state index in [4.69, 9.17) is 4.74 Å². The average Bonchev–Trinajstić information content (AvgIpc) is 3.18. The van der Waals surface area contributed by atoms with E-state index in [-0.39, 0.29) is 12.0 Å². The Hall–Kier alpha value is -2.87. The predicted molar refractivity (Wildman–Crippen MR) is 147 cm³/mol. The molecule has 7 nitrogen and oxygen atoms in total. The molecule has 0 spiro atoms. The predicted octanol–water partition coefficient (Wildman–Crippen LogP) is 5.97. The minimum absolute atomic E-state index is 0.0888. The number of likely N-dealkylation sites (tertiary alicyclic amines) is 1. The number of nitrogens with zero attached hydrogens (tertiary/aromatic N) is 1. The molecule has 0 aliphatic carbocycles. The third kappa shape index (κ3) is 8.08. The number of rotatable bonds is 8. The highest BCUT2D eigenvalue weighted by Gasteiger charge is 2.26. The Morgan fingerprint density at radius 1 is 1.17 bits per heavy atom. The normalized spacial score (nSPS) is 15.3. The lowest BCUT2D eigenvalue weighted by molar-refractivity contribution is -0.108. The molecule has 0 bridgehead atoms. The van der Waals surface area contributed by atoms with Gasteiger partial charge in [0.1, 0.15) is 5.60 Å². The first kappa shape index (κ1) is 29.4. The number of piperidine rings is 1. The first-order valence-electron chi connectivity index (χ1n) is 12.5. The Morgan fingerprint density at radius 3 is 2.36 bits per heavy atom. The minimum atomic E-state index is -0.497. The van der Waals surface area contributed by atoms with Crippen LogP contribution in [0.3, 0.4) is 0 Å². The van der Waals surface area contributed by atoms with Crippen LogP contribution in [-0.2, 0) is 9.53 Å². The van der Waals surface area contributed by atoms with E-state index in [1.807, 2.05) is 59.9 Å². The van der Waals surface area contributed by atoms with Gasteiger partial charge in [-0.2, -0.15) is 0 Å². The molecule has 0 aromatic carbocycles. The van der Waals surface area contributed by atoms with Crippen LogP contribution in [-0.4, -0.2) is 48.5 Å². The first-order valence-corrected chi connectivity index (χ1v) is 13.4. The van der Waals surface area contributed by atoms with E-state index in [1.165, 1.54) is 11.1 Å². The summed E-state index contributed by atoms with van der Waals surface area (Å²) in [4.78, 5) is 38.9. The van der Waals surface area contributed by atoms with Gasteiger partial charge in [0.15, 0.2) is 0 Å². The molecule has 3 amide bonds. The van der Waals surface area contributed by atoms with Crippen molar-refractivity contribution in [3.63, 3.8) is 0 Å². The van der Waals surface area contributed by atoms with Crippen LogP contribution in [0.4, 0.5) is 4.79 Å². The van der Waals surface area contributed by atoms with Crippen molar-refractivity contribution in [2.45, 2.75) is 80.3 Å². The van der Waals surface area contributed by atoms with E-state index in [0.29, 0.717) is 31.6 Å². The number of carbonyl (C=O) groups is 3. The summed E-state index contributed by atoms with van der Waals surface area (Å²) in [6, 6.07) is 0. The fraction of sp³-hybridized carbons (Fsp3) is 0.536. The van der Waals surface area contributed by atoms with E-state index >= 15 is 0 Å². The van der Waals surface area contributed by atoms with Crippen molar-refractivity contribution in [2.75, 3.05) is 19.6 Å². The highest BCUT2D eigenvalue weighted by molar-refractivity contribution is 7.11. The van der Waals surface area contributed by atoms with E-state index < -0.39 is 5.60 Å². The van der Waals surface area contributed by atoms with Gasteiger partial charge in [-0.05, 0) is 90.5 Å². The zero-order chi connectivity index (χ0) is 27.0. The van der Waals surface area contributed by atoms with Crippen LogP contribution < -0.4 is 10.6 Å². The second-order valence-corrected chi connectivity index (χ2v) is 11.1. The Balaban J connectivity index is 2.11. The molecule has 1 aromatic rings. The molecule has 2 N–H and O–H groups in total. The van der Waals surface area contributed by atoms with Gasteiger partial charge >= 0.3 is 6.09 Å². The third-order valence-electron chi connectivity index (χ3n) is 6.26. The van der Waals surface area contributed by atoms with Gasteiger partial charge in [0.25, 0.3) is 5.91 Å². The smallest absolute Gasteiger partial charge is 0.410 e. The van der Waals surface area contributed by atoms with Crippen LogP contribution in [0.2, 0.25) is 0 Å². The lowest BCUT2D eigenvalue weighted by Crippen LogP contribution is -2.40. The SMILES string of the molecule is CCC(=C1CCN(C(=O)OC(C)(C)C)CC1)c1scc(C(=O)NC/C(C)=C(C)/C=C(/C)NC=O)c1C. The quantitative estimate of drug-likeness (QED) is 0.330. The number of hydrogen-bond acceptors (Lipinski definition) is 5. The fourth-order valence-corrected chi connectivity index (χ4v) is 5.36. The Morgan fingerprint density at radius 2 is 1.81 bits per heavy atom. The number of nitrogens with one attached hydrogen (secondary N) is 2. The molecule has 1 aliphatic rings. The van der Waals surface area contributed by atoms with Crippen LogP contribution >= 0.6 is 11.3 Å². The van der Waals surface area contributed by atoms with Crippen molar-refractivity contribution in [1.29, 1.82) is 0 Å². The third-order valence-corrected chi connectivity index (χ3v) is 7.41. The van der Waals surface area contributed by atoms with Gasteiger partial charge in [-0.1, -0.05) is 18.1 Å². The van der Waals surface area contributed by atoms with Crippen molar-refractivity contribution in [2.24, 2.45) is 0 Å². The standard InChI is InChI=1S/C28H41N3O4S/c1-9-23(22-10-12-31(13-11-22)27(34)35-28(6,7)8)25-21(5)24(16-36-25)26(33)29-15-19(3)18(2)14-20(4)30-17-32/h14,16-17H,9-13,15H2,1-8H3,(H,29,33)(H,30,32)/b19-18+,20-14-. The Kier molecular flexibility index (Phi) is 10.5. The maximum atomic E-state index is 13.0. The molecule has 0 unspecified atom stereocenters. The van der Waals surface area contributed by atoms with Crippen LogP contribution in [0.5, 0.6) is 0 Å². The summed E-state index contributed by atoms with van der Waals surface area (Å²) in [5.41, 5.74) is 6.63. The lowest BCUT2D eigenvalue weighted by atomic mass is 9.93. The maximum Gasteiger partial charge on any atom is 0.410 e.